The van der Waals surface area contributed by atoms with E-state index in [2.05, 4.69) is 0 Å². The largest absolute Gasteiger partial charge is 0.479 e. The zero-order valence-corrected chi connectivity index (χ0v) is 13.0. The minimum atomic E-state index is -1.40. The summed E-state index contributed by atoms with van der Waals surface area (Å²) in [6, 6.07) is 0. The van der Waals surface area contributed by atoms with E-state index in [1.54, 1.807) is 0 Å². The SMILES string of the molecule is CCCC(C)(C(=O)O)N1C(=O)CC2(CCCCCC2)C1=O. The molecule has 0 aromatic heterocycles. The molecule has 1 saturated carbocycles. The molecule has 2 aliphatic rings. The Morgan fingerprint density at radius 2 is 1.81 bits per heavy atom. The fourth-order valence-corrected chi connectivity index (χ4v) is 3.89. The van der Waals surface area contributed by atoms with Crippen molar-refractivity contribution in [1.29, 1.82) is 0 Å². The first-order chi connectivity index (χ1) is 9.87. The molecule has 2 rings (SSSR count). The molecule has 118 valence electrons. The molecule has 1 unspecified atom stereocenters. The van der Waals surface area contributed by atoms with Crippen LogP contribution in [0.15, 0.2) is 0 Å². The van der Waals surface area contributed by atoms with E-state index in [-0.39, 0.29) is 18.2 Å². The highest BCUT2D eigenvalue weighted by atomic mass is 16.4. The van der Waals surface area contributed by atoms with Crippen molar-refractivity contribution >= 4 is 17.8 Å². The van der Waals surface area contributed by atoms with E-state index in [4.69, 9.17) is 0 Å². The number of nitrogens with zero attached hydrogens (tertiary/aromatic N) is 1. The topological polar surface area (TPSA) is 74.7 Å². The summed E-state index contributed by atoms with van der Waals surface area (Å²) in [5.74, 6) is -1.63. The lowest BCUT2D eigenvalue weighted by molar-refractivity contribution is -0.163. The van der Waals surface area contributed by atoms with Crippen LogP contribution in [0.2, 0.25) is 0 Å². The van der Waals surface area contributed by atoms with Crippen molar-refractivity contribution in [2.45, 2.75) is 77.2 Å². The van der Waals surface area contributed by atoms with Gasteiger partial charge in [0.1, 0.15) is 5.54 Å². The standard InChI is InChI=1S/C16H25NO4/c1-3-8-15(2,14(20)21)17-12(18)11-16(13(17)19)9-6-4-5-7-10-16/h3-11H2,1-2H3,(H,20,21). The molecule has 2 amide bonds. The Bertz CT molecular complexity index is 451. The average Bonchev–Trinajstić information content (AvgIpc) is 2.58. The molecular weight excluding hydrogens is 270 g/mol. The van der Waals surface area contributed by atoms with Crippen LogP contribution in [0.5, 0.6) is 0 Å². The van der Waals surface area contributed by atoms with Gasteiger partial charge in [-0.15, -0.1) is 0 Å². The van der Waals surface area contributed by atoms with E-state index >= 15 is 0 Å². The number of hydrogen-bond acceptors (Lipinski definition) is 3. The van der Waals surface area contributed by atoms with E-state index in [1.165, 1.54) is 6.92 Å². The molecule has 0 aromatic carbocycles. The molecule has 5 heteroatoms. The Morgan fingerprint density at radius 1 is 1.24 bits per heavy atom. The molecule has 21 heavy (non-hydrogen) atoms. The summed E-state index contributed by atoms with van der Waals surface area (Å²) in [4.78, 5) is 38.1. The maximum atomic E-state index is 12.9. The number of imide groups is 1. The number of rotatable bonds is 4. The van der Waals surface area contributed by atoms with Gasteiger partial charge in [0, 0.05) is 6.42 Å². The highest BCUT2D eigenvalue weighted by molar-refractivity contribution is 6.09. The number of carboxylic acids is 1. The van der Waals surface area contributed by atoms with Crippen LogP contribution in [0.1, 0.15) is 71.6 Å². The minimum absolute atomic E-state index is 0.193. The van der Waals surface area contributed by atoms with Gasteiger partial charge in [-0.05, 0) is 26.2 Å². The third-order valence-electron chi connectivity index (χ3n) is 5.15. The van der Waals surface area contributed by atoms with Crippen molar-refractivity contribution in [3.63, 3.8) is 0 Å². The monoisotopic (exact) mass is 295 g/mol. The molecule has 0 bridgehead atoms. The number of carbonyl (C=O) groups is 3. The van der Waals surface area contributed by atoms with Crippen LogP contribution in [0.4, 0.5) is 0 Å². The lowest BCUT2D eigenvalue weighted by Crippen LogP contribution is -2.56. The summed E-state index contributed by atoms with van der Waals surface area (Å²) in [5.41, 5.74) is -2.03. The third-order valence-corrected chi connectivity index (χ3v) is 5.15. The highest BCUT2D eigenvalue weighted by Crippen LogP contribution is 2.46. The molecule has 1 saturated heterocycles. The predicted molar refractivity (Wildman–Crippen MR) is 77.6 cm³/mol. The van der Waals surface area contributed by atoms with E-state index < -0.39 is 16.9 Å². The molecule has 1 aliphatic carbocycles. The lowest BCUT2D eigenvalue weighted by Gasteiger charge is -2.35. The quantitative estimate of drug-likeness (QED) is 0.809. The first-order valence-corrected chi connectivity index (χ1v) is 7.98. The molecule has 1 atom stereocenters. The molecule has 1 N–H and O–H groups in total. The molecule has 0 aromatic rings. The van der Waals surface area contributed by atoms with Crippen molar-refractivity contribution in [3.05, 3.63) is 0 Å². The molecule has 5 nitrogen and oxygen atoms in total. The van der Waals surface area contributed by atoms with Crippen molar-refractivity contribution < 1.29 is 19.5 Å². The molecule has 1 heterocycles. The molecule has 1 aliphatic heterocycles. The normalized spacial score (nSPS) is 25.0. The van der Waals surface area contributed by atoms with Crippen LogP contribution >= 0.6 is 0 Å². The van der Waals surface area contributed by atoms with Crippen LogP contribution in [0, 0.1) is 5.41 Å². The Hall–Kier alpha value is -1.39. The summed E-state index contributed by atoms with van der Waals surface area (Å²) in [7, 11) is 0. The van der Waals surface area contributed by atoms with Crippen LogP contribution in [-0.2, 0) is 14.4 Å². The van der Waals surface area contributed by atoms with Gasteiger partial charge < -0.3 is 5.11 Å². The van der Waals surface area contributed by atoms with Crippen LogP contribution < -0.4 is 0 Å². The van der Waals surface area contributed by atoms with Crippen molar-refractivity contribution in [1.82, 2.24) is 4.90 Å². The lowest BCUT2D eigenvalue weighted by atomic mass is 9.78. The van der Waals surface area contributed by atoms with E-state index in [1.807, 2.05) is 6.92 Å². The zero-order valence-electron chi connectivity index (χ0n) is 13.0. The number of carbonyl (C=O) groups excluding carboxylic acids is 2. The first-order valence-electron chi connectivity index (χ1n) is 7.98. The van der Waals surface area contributed by atoms with E-state index in [0.717, 1.165) is 43.4 Å². The van der Waals surface area contributed by atoms with Gasteiger partial charge in [-0.1, -0.05) is 39.0 Å². The van der Waals surface area contributed by atoms with Gasteiger partial charge in [-0.25, -0.2) is 4.79 Å². The maximum Gasteiger partial charge on any atom is 0.329 e. The van der Waals surface area contributed by atoms with Gasteiger partial charge in [-0.2, -0.15) is 0 Å². The van der Waals surface area contributed by atoms with Gasteiger partial charge >= 0.3 is 5.97 Å². The third kappa shape index (κ3) is 2.58. The molecule has 0 radical (unpaired) electrons. The minimum Gasteiger partial charge on any atom is -0.479 e. The number of likely N-dealkylation sites (tertiary alicyclic amines) is 1. The van der Waals surface area contributed by atoms with Crippen molar-refractivity contribution in [3.8, 4) is 0 Å². The zero-order chi connectivity index (χ0) is 15.7. The summed E-state index contributed by atoms with van der Waals surface area (Å²) in [5, 5.41) is 9.56. The summed E-state index contributed by atoms with van der Waals surface area (Å²) in [6.45, 7) is 3.37. The van der Waals surface area contributed by atoms with E-state index in [9.17, 15) is 19.5 Å². The van der Waals surface area contributed by atoms with Gasteiger partial charge in [0.2, 0.25) is 11.8 Å². The van der Waals surface area contributed by atoms with Gasteiger partial charge in [0.15, 0.2) is 0 Å². The average molecular weight is 295 g/mol. The first kappa shape index (κ1) is 16.0. The second-order valence-corrected chi connectivity index (χ2v) is 6.73. The molecular formula is C16H25NO4. The van der Waals surface area contributed by atoms with Crippen LogP contribution in [0.25, 0.3) is 0 Å². The van der Waals surface area contributed by atoms with Crippen LogP contribution in [0.3, 0.4) is 0 Å². The van der Waals surface area contributed by atoms with Gasteiger partial charge in [0.05, 0.1) is 5.41 Å². The summed E-state index contributed by atoms with van der Waals surface area (Å²) in [6.07, 6.45) is 6.63. The number of carboxylic acid groups (broad SMARTS) is 1. The Balaban J connectivity index is 2.35. The van der Waals surface area contributed by atoms with E-state index in [0.29, 0.717) is 12.8 Å². The predicted octanol–water partition coefficient (Wildman–Crippen LogP) is 2.73. The summed E-state index contributed by atoms with van der Waals surface area (Å²) < 4.78 is 0. The second-order valence-electron chi connectivity index (χ2n) is 6.73. The number of hydrogen-bond donors (Lipinski definition) is 1. The smallest absolute Gasteiger partial charge is 0.329 e. The molecule has 2 fully saturated rings. The second kappa shape index (κ2) is 5.78. The number of aliphatic carboxylic acids is 1. The Labute approximate surface area is 125 Å². The van der Waals surface area contributed by atoms with Crippen molar-refractivity contribution in [2.24, 2.45) is 5.41 Å². The highest BCUT2D eigenvalue weighted by Gasteiger charge is 2.58. The summed E-state index contributed by atoms with van der Waals surface area (Å²) >= 11 is 0. The fourth-order valence-electron chi connectivity index (χ4n) is 3.89. The van der Waals surface area contributed by atoms with Gasteiger partial charge in [0.25, 0.3) is 0 Å². The van der Waals surface area contributed by atoms with Crippen LogP contribution in [-0.4, -0.2) is 33.3 Å². The maximum absolute atomic E-state index is 12.9. The Morgan fingerprint density at radius 3 is 2.29 bits per heavy atom. The Kier molecular flexibility index (Phi) is 4.40. The molecule has 1 spiro atoms. The van der Waals surface area contributed by atoms with Crippen molar-refractivity contribution in [2.75, 3.05) is 0 Å². The number of amides is 2. The van der Waals surface area contributed by atoms with Gasteiger partial charge in [-0.3, -0.25) is 14.5 Å². The fraction of sp³-hybridized carbons (Fsp3) is 0.812.